The molecule has 0 aliphatic heterocycles. The Balaban J connectivity index is 1.47. The number of carbonyl (C=O) groups excluding carboxylic acids is 1. The second kappa shape index (κ2) is 10.5. The van der Waals surface area contributed by atoms with Gasteiger partial charge in [-0.2, -0.15) is 0 Å². The predicted molar refractivity (Wildman–Crippen MR) is 116 cm³/mol. The molecule has 1 saturated carbocycles. The van der Waals surface area contributed by atoms with E-state index in [0.29, 0.717) is 17.2 Å². The molecule has 1 aliphatic rings. The van der Waals surface area contributed by atoms with E-state index < -0.39 is 0 Å². The summed E-state index contributed by atoms with van der Waals surface area (Å²) in [7, 11) is 0. The molecule has 0 radical (unpaired) electrons. The molecule has 0 atom stereocenters. The monoisotopic (exact) mass is 378 g/mol. The molecule has 0 N–H and O–H groups in total. The maximum Gasteiger partial charge on any atom is 0.343 e. The van der Waals surface area contributed by atoms with Gasteiger partial charge in [-0.15, -0.1) is 0 Å². The van der Waals surface area contributed by atoms with Crippen molar-refractivity contribution in [3.8, 4) is 5.75 Å². The van der Waals surface area contributed by atoms with E-state index in [0.717, 1.165) is 11.5 Å². The Labute approximate surface area is 170 Å². The lowest BCUT2D eigenvalue weighted by molar-refractivity contribution is 0.0734. The summed E-state index contributed by atoms with van der Waals surface area (Å²) in [6, 6.07) is 15.7. The van der Waals surface area contributed by atoms with Crippen molar-refractivity contribution < 1.29 is 9.53 Å². The maximum atomic E-state index is 12.3. The molecule has 0 bridgehead atoms. The highest BCUT2D eigenvalue weighted by Gasteiger charge is 2.22. The third kappa shape index (κ3) is 5.95. The fourth-order valence-electron chi connectivity index (χ4n) is 4.31. The summed E-state index contributed by atoms with van der Waals surface area (Å²) in [5.41, 5.74) is 3.11. The smallest absolute Gasteiger partial charge is 0.343 e. The van der Waals surface area contributed by atoms with Gasteiger partial charge in [-0.25, -0.2) is 4.79 Å². The summed E-state index contributed by atoms with van der Waals surface area (Å²) in [6.07, 6.45) is 12.2. The van der Waals surface area contributed by atoms with E-state index in [1.54, 1.807) is 0 Å². The van der Waals surface area contributed by atoms with Gasteiger partial charge in [0.1, 0.15) is 5.75 Å². The third-order valence-electron chi connectivity index (χ3n) is 6.16. The van der Waals surface area contributed by atoms with Gasteiger partial charge in [-0.05, 0) is 74.3 Å². The molecular formula is C26H34O2. The molecule has 28 heavy (non-hydrogen) atoms. The van der Waals surface area contributed by atoms with Crippen LogP contribution in [0.2, 0.25) is 0 Å². The molecule has 2 heteroatoms. The first kappa shape index (κ1) is 20.6. The molecule has 0 saturated heterocycles. The fraction of sp³-hybridized carbons (Fsp3) is 0.500. The molecule has 0 heterocycles. The number of benzene rings is 2. The van der Waals surface area contributed by atoms with Gasteiger partial charge < -0.3 is 4.74 Å². The second-order valence-electron chi connectivity index (χ2n) is 8.39. The Morgan fingerprint density at radius 1 is 0.893 bits per heavy atom. The molecular weight excluding hydrogens is 344 g/mol. The molecule has 2 aromatic rings. The highest BCUT2D eigenvalue weighted by Crippen LogP contribution is 2.38. The van der Waals surface area contributed by atoms with Gasteiger partial charge >= 0.3 is 5.97 Å². The van der Waals surface area contributed by atoms with Gasteiger partial charge in [0.25, 0.3) is 0 Å². The van der Waals surface area contributed by atoms with Gasteiger partial charge in [0, 0.05) is 0 Å². The van der Waals surface area contributed by atoms with Crippen LogP contribution in [0.4, 0.5) is 0 Å². The molecule has 1 fully saturated rings. The van der Waals surface area contributed by atoms with E-state index in [1.807, 2.05) is 43.3 Å². The van der Waals surface area contributed by atoms with Crippen LogP contribution in [0.25, 0.3) is 0 Å². The van der Waals surface area contributed by atoms with Gasteiger partial charge in [-0.3, -0.25) is 0 Å². The Hall–Kier alpha value is -2.09. The van der Waals surface area contributed by atoms with Crippen molar-refractivity contribution in [3.05, 3.63) is 65.2 Å². The van der Waals surface area contributed by atoms with Gasteiger partial charge in [0.15, 0.2) is 0 Å². The largest absolute Gasteiger partial charge is 0.423 e. The Morgan fingerprint density at radius 2 is 1.57 bits per heavy atom. The van der Waals surface area contributed by atoms with Crippen molar-refractivity contribution in [2.24, 2.45) is 5.92 Å². The minimum atomic E-state index is -0.295. The number of hydrogen-bond donors (Lipinski definition) is 0. The Bertz CT molecular complexity index is 722. The molecule has 0 spiro atoms. The molecule has 1 aliphatic carbocycles. The summed E-state index contributed by atoms with van der Waals surface area (Å²) < 4.78 is 5.52. The molecule has 0 amide bonds. The van der Waals surface area contributed by atoms with Crippen LogP contribution in [-0.4, -0.2) is 5.97 Å². The highest BCUT2D eigenvalue weighted by atomic mass is 16.5. The van der Waals surface area contributed by atoms with Gasteiger partial charge in [0.05, 0.1) is 5.56 Å². The quantitative estimate of drug-likeness (QED) is 0.271. The van der Waals surface area contributed by atoms with E-state index in [2.05, 4.69) is 19.1 Å². The first-order valence-electron chi connectivity index (χ1n) is 11.0. The van der Waals surface area contributed by atoms with E-state index in [4.69, 9.17) is 4.74 Å². The lowest BCUT2D eigenvalue weighted by Gasteiger charge is -2.29. The summed E-state index contributed by atoms with van der Waals surface area (Å²) in [6.45, 7) is 4.29. The fourth-order valence-corrected chi connectivity index (χ4v) is 4.31. The number of carbonyl (C=O) groups is 1. The zero-order valence-corrected chi connectivity index (χ0v) is 17.5. The molecule has 2 nitrogen and oxygen atoms in total. The highest BCUT2D eigenvalue weighted by molar-refractivity contribution is 5.91. The third-order valence-corrected chi connectivity index (χ3v) is 6.16. The number of rotatable bonds is 8. The van der Waals surface area contributed by atoms with E-state index >= 15 is 0 Å². The standard InChI is InChI=1S/C26H34O2/c1-3-4-5-6-7-21-10-14-22(15-11-21)23-16-18-25(19-17-23)28-26(27)24-12-8-20(2)9-13-24/h8-9,12-13,16-19,21-22H,3-7,10-11,14-15H2,1-2H3. The predicted octanol–water partition coefficient (Wildman–Crippen LogP) is 7.46. The van der Waals surface area contributed by atoms with E-state index in [-0.39, 0.29) is 5.97 Å². The van der Waals surface area contributed by atoms with Crippen LogP contribution in [0.3, 0.4) is 0 Å². The number of aryl methyl sites for hydroxylation is 1. The second-order valence-corrected chi connectivity index (χ2v) is 8.39. The topological polar surface area (TPSA) is 26.3 Å². The Kier molecular flexibility index (Phi) is 7.71. The molecule has 2 aromatic carbocycles. The van der Waals surface area contributed by atoms with Crippen LogP contribution in [0.15, 0.2) is 48.5 Å². The van der Waals surface area contributed by atoms with Crippen molar-refractivity contribution in [1.82, 2.24) is 0 Å². The minimum Gasteiger partial charge on any atom is -0.423 e. The van der Waals surface area contributed by atoms with Crippen LogP contribution >= 0.6 is 0 Å². The normalized spacial score (nSPS) is 19.4. The first-order chi connectivity index (χ1) is 13.7. The molecule has 0 unspecified atom stereocenters. The number of unbranched alkanes of at least 4 members (excludes halogenated alkanes) is 3. The van der Waals surface area contributed by atoms with Gasteiger partial charge in [0.2, 0.25) is 0 Å². The average molecular weight is 379 g/mol. The Morgan fingerprint density at radius 3 is 2.21 bits per heavy atom. The van der Waals surface area contributed by atoms with Crippen molar-refractivity contribution in [3.63, 3.8) is 0 Å². The van der Waals surface area contributed by atoms with Crippen LogP contribution < -0.4 is 4.74 Å². The summed E-state index contributed by atoms with van der Waals surface area (Å²) in [4.78, 5) is 12.3. The number of ether oxygens (including phenoxy) is 1. The maximum absolute atomic E-state index is 12.3. The van der Waals surface area contributed by atoms with Gasteiger partial charge in [-0.1, -0.05) is 68.9 Å². The van der Waals surface area contributed by atoms with Crippen molar-refractivity contribution in [1.29, 1.82) is 0 Å². The lowest BCUT2D eigenvalue weighted by Crippen LogP contribution is -2.13. The average Bonchev–Trinajstić information content (AvgIpc) is 2.73. The molecule has 150 valence electrons. The van der Waals surface area contributed by atoms with Crippen molar-refractivity contribution in [2.75, 3.05) is 0 Å². The van der Waals surface area contributed by atoms with Crippen LogP contribution in [-0.2, 0) is 0 Å². The van der Waals surface area contributed by atoms with Crippen molar-refractivity contribution >= 4 is 5.97 Å². The molecule has 3 rings (SSSR count). The summed E-state index contributed by atoms with van der Waals surface area (Å²) in [5, 5.41) is 0. The van der Waals surface area contributed by atoms with E-state index in [9.17, 15) is 4.79 Å². The van der Waals surface area contributed by atoms with Crippen molar-refractivity contribution in [2.45, 2.75) is 77.6 Å². The van der Waals surface area contributed by atoms with Crippen LogP contribution in [0.5, 0.6) is 5.75 Å². The zero-order valence-electron chi connectivity index (χ0n) is 17.5. The number of hydrogen-bond acceptors (Lipinski definition) is 2. The minimum absolute atomic E-state index is 0.295. The van der Waals surface area contributed by atoms with Crippen LogP contribution in [0.1, 0.15) is 92.1 Å². The first-order valence-corrected chi connectivity index (χ1v) is 11.0. The van der Waals surface area contributed by atoms with E-state index in [1.165, 1.54) is 63.4 Å². The zero-order chi connectivity index (χ0) is 19.8. The summed E-state index contributed by atoms with van der Waals surface area (Å²) >= 11 is 0. The molecule has 0 aromatic heterocycles. The lowest BCUT2D eigenvalue weighted by atomic mass is 9.77. The van der Waals surface area contributed by atoms with Crippen LogP contribution in [0, 0.1) is 12.8 Å². The number of esters is 1. The summed E-state index contributed by atoms with van der Waals surface area (Å²) in [5.74, 6) is 1.92. The SMILES string of the molecule is CCCCCCC1CCC(c2ccc(OC(=O)c3ccc(C)cc3)cc2)CC1.